The second-order valence-electron chi connectivity index (χ2n) is 4.22. The van der Waals surface area contributed by atoms with Crippen molar-refractivity contribution in [2.45, 2.75) is 6.92 Å². The summed E-state index contributed by atoms with van der Waals surface area (Å²) in [6.07, 6.45) is 0. The molecule has 2 rings (SSSR count). The van der Waals surface area contributed by atoms with Crippen LogP contribution < -0.4 is 4.74 Å². The zero-order valence-electron chi connectivity index (χ0n) is 11.7. The summed E-state index contributed by atoms with van der Waals surface area (Å²) in [7, 11) is 1.48. The Morgan fingerprint density at radius 3 is 2.33 bits per heavy atom. The summed E-state index contributed by atoms with van der Waals surface area (Å²) in [5.74, 6) is 0.0677. The first kappa shape index (κ1) is 15.5. The Hall–Kier alpha value is -1.89. The van der Waals surface area contributed by atoms with Gasteiger partial charge >= 0.3 is 5.97 Å². The number of rotatable bonds is 4. The number of halogens is 1. The first-order chi connectivity index (χ1) is 10.1. The maximum absolute atomic E-state index is 12.3. The minimum atomic E-state index is -0.391. The highest BCUT2D eigenvalue weighted by Gasteiger charge is 2.15. The van der Waals surface area contributed by atoms with E-state index in [0.717, 1.165) is 9.13 Å². The van der Waals surface area contributed by atoms with Crippen LogP contribution in [0.2, 0.25) is 0 Å². The van der Waals surface area contributed by atoms with E-state index in [1.807, 2.05) is 36.4 Å². The Bertz CT molecular complexity index is 683. The zero-order valence-corrected chi connectivity index (χ0v) is 13.8. The van der Waals surface area contributed by atoms with E-state index in [0.29, 0.717) is 17.0 Å². The molecule has 0 aromatic heterocycles. The molecule has 0 amide bonds. The fourth-order valence-corrected chi connectivity index (χ4v) is 2.43. The van der Waals surface area contributed by atoms with Gasteiger partial charge in [0.15, 0.2) is 0 Å². The van der Waals surface area contributed by atoms with Crippen molar-refractivity contribution in [3.8, 4) is 5.75 Å². The highest BCUT2D eigenvalue weighted by molar-refractivity contribution is 14.1. The number of nitrogens with zero attached hydrogens (tertiary/aromatic N) is 1. The Kier molecular flexibility index (Phi) is 5.32. The molecule has 0 radical (unpaired) electrons. The lowest BCUT2D eigenvalue weighted by molar-refractivity contribution is 0.0733. The highest BCUT2D eigenvalue weighted by Crippen LogP contribution is 2.21. The van der Waals surface area contributed by atoms with E-state index in [4.69, 9.17) is 9.57 Å². The van der Waals surface area contributed by atoms with Gasteiger partial charge in [0, 0.05) is 9.13 Å². The average Bonchev–Trinajstić information content (AvgIpc) is 2.48. The van der Waals surface area contributed by atoms with E-state index >= 15 is 0 Å². The third-order valence-electron chi connectivity index (χ3n) is 2.80. The second kappa shape index (κ2) is 7.21. The van der Waals surface area contributed by atoms with E-state index in [1.165, 1.54) is 7.11 Å². The molecule has 0 unspecified atom stereocenters. The quantitative estimate of drug-likeness (QED) is 0.260. The van der Waals surface area contributed by atoms with Crippen molar-refractivity contribution < 1.29 is 14.4 Å². The summed E-state index contributed by atoms with van der Waals surface area (Å²) >= 11 is 2.11. The average molecular weight is 395 g/mol. The van der Waals surface area contributed by atoms with Crippen LogP contribution in [0.3, 0.4) is 0 Å². The molecular weight excluding hydrogens is 381 g/mol. The van der Waals surface area contributed by atoms with Crippen molar-refractivity contribution in [1.82, 2.24) is 0 Å². The Morgan fingerprint density at radius 2 is 1.67 bits per heavy atom. The number of para-hydroxylation sites is 1. The standard InChI is InChI=1S/C16H14INO3/c1-11(18-20-2)12-7-4-6-10-15(12)21-16(19)13-8-3-5-9-14(13)17/h3-10H,1-2H3/b18-11+. The number of carbonyl (C=O) groups excluding carboxylic acids is 1. The van der Waals surface area contributed by atoms with Crippen LogP contribution in [-0.2, 0) is 4.84 Å². The lowest BCUT2D eigenvalue weighted by Crippen LogP contribution is -2.12. The topological polar surface area (TPSA) is 47.9 Å². The molecule has 0 saturated heterocycles. The fraction of sp³-hybridized carbons (Fsp3) is 0.125. The number of ether oxygens (including phenoxy) is 1. The smallest absolute Gasteiger partial charge is 0.344 e. The molecule has 0 saturated carbocycles. The number of hydrogen-bond donors (Lipinski definition) is 0. The van der Waals surface area contributed by atoms with Gasteiger partial charge in [0.2, 0.25) is 0 Å². The van der Waals surface area contributed by atoms with Crippen LogP contribution >= 0.6 is 22.6 Å². The molecule has 21 heavy (non-hydrogen) atoms. The molecule has 0 heterocycles. The molecule has 0 spiro atoms. The van der Waals surface area contributed by atoms with Gasteiger partial charge in [-0.2, -0.15) is 0 Å². The van der Waals surface area contributed by atoms with E-state index < -0.39 is 5.97 Å². The van der Waals surface area contributed by atoms with Crippen molar-refractivity contribution in [2.75, 3.05) is 7.11 Å². The molecule has 0 bridgehead atoms. The molecule has 5 heteroatoms. The number of hydrogen-bond acceptors (Lipinski definition) is 4. The van der Waals surface area contributed by atoms with Crippen LogP contribution in [0.1, 0.15) is 22.8 Å². The maximum Gasteiger partial charge on any atom is 0.344 e. The SMILES string of the molecule is CO/N=C(\C)c1ccccc1OC(=O)c1ccccc1I. The lowest BCUT2D eigenvalue weighted by atomic mass is 10.1. The van der Waals surface area contributed by atoms with E-state index in [-0.39, 0.29) is 0 Å². The monoisotopic (exact) mass is 395 g/mol. The van der Waals surface area contributed by atoms with Crippen LogP contribution in [0.15, 0.2) is 53.7 Å². The fourth-order valence-electron chi connectivity index (χ4n) is 1.82. The summed E-state index contributed by atoms with van der Waals surface area (Å²) in [4.78, 5) is 17.0. The number of benzene rings is 2. The summed E-state index contributed by atoms with van der Waals surface area (Å²) < 4.78 is 6.35. The summed E-state index contributed by atoms with van der Waals surface area (Å²) in [5.41, 5.74) is 1.90. The predicted octanol–water partition coefficient (Wildman–Crippen LogP) is 3.88. The third kappa shape index (κ3) is 3.81. The van der Waals surface area contributed by atoms with Crippen molar-refractivity contribution in [2.24, 2.45) is 5.16 Å². The molecule has 0 atom stereocenters. The normalized spacial score (nSPS) is 11.1. The largest absolute Gasteiger partial charge is 0.422 e. The number of esters is 1. The van der Waals surface area contributed by atoms with Crippen molar-refractivity contribution in [3.05, 3.63) is 63.2 Å². The molecule has 4 nitrogen and oxygen atoms in total. The molecule has 0 aliphatic carbocycles. The molecular formula is C16H14INO3. The van der Waals surface area contributed by atoms with E-state index in [1.54, 1.807) is 19.1 Å². The van der Waals surface area contributed by atoms with Crippen LogP contribution in [0.4, 0.5) is 0 Å². The van der Waals surface area contributed by atoms with Gasteiger partial charge < -0.3 is 9.57 Å². The van der Waals surface area contributed by atoms with Crippen LogP contribution in [0.25, 0.3) is 0 Å². The first-order valence-corrected chi connectivity index (χ1v) is 7.35. The van der Waals surface area contributed by atoms with Gasteiger partial charge in [-0.3, -0.25) is 0 Å². The first-order valence-electron chi connectivity index (χ1n) is 6.27. The number of carbonyl (C=O) groups is 1. The highest BCUT2D eigenvalue weighted by atomic mass is 127. The van der Waals surface area contributed by atoms with Gasteiger partial charge in [-0.25, -0.2) is 4.79 Å². The number of oxime groups is 1. The van der Waals surface area contributed by atoms with Crippen molar-refractivity contribution in [1.29, 1.82) is 0 Å². The molecule has 0 N–H and O–H groups in total. The van der Waals surface area contributed by atoms with Gasteiger partial charge in [0.05, 0.1) is 11.3 Å². The Morgan fingerprint density at radius 1 is 1.05 bits per heavy atom. The van der Waals surface area contributed by atoms with Crippen LogP contribution in [-0.4, -0.2) is 18.8 Å². The van der Waals surface area contributed by atoms with Crippen molar-refractivity contribution in [3.63, 3.8) is 0 Å². The molecule has 0 aliphatic rings. The molecule has 2 aromatic rings. The summed E-state index contributed by atoms with van der Waals surface area (Å²) in [6.45, 7) is 1.79. The summed E-state index contributed by atoms with van der Waals surface area (Å²) in [5, 5.41) is 3.88. The van der Waals surface area contributed by atoms with Gasteiger partial charge in [-0.15, -0.1) is 0 Å². The van der Waals surface area contributed by atoms with Gasteiger partial charge in [0.1, 0.15) is 12.9 Å². The Labute approximate surface area is 136 Å². The zero-order chi connectivity index (χ0) is 15.2. The molecule has 108 valence electrons. The second-order valence-corrected chi connectivity index (χ2v) is 5.39. The summed E-state index contributed by atoms with van der Waals surface area (Å²) in [6, 6.07) is 14.5. The van der Waals surface area contributed by atoms with E-state index in [2.05, 4.69) is 27.7 Å². The van der Waals surface area contributed by atoms with Crippen LogP contribution in [0, 0.1) is 3.57 Å². The van der Waals surface area contributed by atoms with Gasteiger partial charge in [-0.05, 0) is 53.8 Å². The lowest BCUT2D eigenvalue weighted by Gasteiger charge is -2.10. The maximum atomic E-state index is 12.3. The molecule has 0 aliphatic heterocycles. The van der Waals surface area contributed by atoms with E-state index in [9.17, 15) is 4.79 Å². The molecule has 0 fully saturated rings. The predicted molar refractivity (Wildman–Crippen MR) is 89.8 cm³/mol. The Balaban J connectivity index is 2.30. The minimum Gasteiger partial charge on any atom is -0.422 e. The molecule has 2 aromatic carbocycles. The van der Waals surface area contributed by atoms with Gasteiger partial charge in [-0.1, -0.05) is 29.4 Å². The van der Waals surface area contributed by atoms with Crippen molar-refractivity contribution >= 4 is 34.3 Å². The third-order valence-corrected chi connectivity index (χ3v) is 3.74. The van der Waals surface area contributed by atoms with Gasteiger partial charge in [0.25, 0.3) is 0 Å². The minimum absolute atomic E-state index is 0.391. The van der Waals surface area contributed by atoms with Crippen LogP contribution in [0.5, 0.6) is 5.75 Å².